The van der Waals surface area contributed by atoms with Crippen molar-refractivity contribution in [1.29, 1.82) is 0 Å². The van der Waals surface area contributed by atoms with Crippen molar-refractivity contribution in [2.24, 2.45) is 5.92 Å². The third kappa shape index (κ3) is 2.35. The van der Waals surface area contributed by atoms with E-state index in [1.54, 1.807) is 18.1 Å². The number of likely N-dealkylation sites (tertiary alicyclic amines) is 1. The van der Waals surface area contributed by atoms with Crippen LogP contribution in [0, 0.1) is 5.92 Å². The van der Waals surface area contributed by atoms with Gasteiger partial charge in [-0.25, -0.2) is 0 Å². The largest absolute Gasteiger partial charge is 0.481 e. The van der Waals surface area contributed by atoms with E-state index in [9.17, 15) is 14.7 Å². The number of carboxylic acid groups (broad SMARTS) is 1. The molecule has 21 heavy (non-hydrogen) atoms. The van der Waals surface area contributed by atoms with E-state index in [1.165, 1.54) is 0 Å². The Morgan fingerprint density at radius 1 is 1.38 bits per heavy atom. The molecule has 2 heterocycles. The number of hydrogen-bond donors (Lipinski definition) is 1. The van der Waals surface area contributed by atoms with Crippen molar-refractivity contribution >= 4 is 22.8 Å². The third-order valence-electron chi connectivity index (χ3n) is 4.15. The van der Waals surface area contributed by atoms with Crippen LogP contribution >= 0.6 is 0 Å². The average molecular weight is 284 g/mol. The Balaban J connectivity index is 2.07. The lowest BCUT2D eigenvalue weighted by Gasteiger charge is -2.37. The van der Waals surface area contributed by atoms with Crippen LogP contribution in [0.2, 0.25) is 0 Å². The maximum Gasteiger partial charge on any atom is 0.308 e. The zero-order valence-electron chi connectivity index (χ0n) is 11.7. The second-order valence-corrected chi connectivity index (χ2v) is 5.39. The van der Waals surface area contributed by atoms with Gasteiger partial charge in [0, 0.05) is 25.1 Å². The van der Waals surface area contributed by atoms with Gasteiger partial charge in [0.15, 0.2) is 0 Å². The SMILES string of the molecule is CN1C(=O)CCC(C(=O)O)C1c1ccc2ncccc2c1. The van der Waals surface area contributed by atoms with Gasteiger partial charge in [-0.1, -0.05) is 12.1 Å². The van der Waals surface area contributed by atoms with Gasteiger partial charge in [-0.15, -0.1) is 0 Å². The minimum Gasteiger partial charge on any atom is -0.481 e. The molecule has 5 nitrogen and oxygen atoms in total. The molecule has 0 bridgehead atoms. The topological polar surface area (TPSA) is 70.5 Å². The number of benzene rings is 1. The van der Waals surface area contributed by atoms with Gasteiger partial charge in [-0.2, -0.15) is 0 Å². The minimum absolute atomic E-state index is 0.0104. The number of hydrogen-bond acceptors (Lipinski definition) is 3. The Labute approximate surface area is 122 Å². The van der Waals surface area contributed by atoms with E-state index in [1.807, 2.05) is 30.3 Å². The molecule has 2 atom stereocenters. The molecule has 1 aliphatic heterocycles. The first-order chi connectivity index (χ1) is 10.1. The van der Waals surface area contributed by atoms with E-state index < -0.39 is 17.9 Å². The van der Waals surface area contributed by atoms with Crippen molar-refractivity contribution in [1.82, 2.24) is 9.88 Å². The monoisotopic (exact) mass is 284 g/mol. The second-order valence-electron chi connectivity index (χ2n) is 5.39. The minimum atomic E-state index is -0.856. The Bertz CT molecular complexity index is 713. The molecule has 1 N–H and O–H groups in total. The zero-order chi connectivity index (χ0) is 15.0. The molecular formula is C16H16N2O3. The number of nitrogens with zero attached hydrogens (tertiary/aromatic N) is 2. The predicted molar refractivity (Wildman–Crippen MR) is 77.6 cm³/mol. The number of amides is 1. The average Bonchev–Trinajstić information content (AvgIpc) is 2.49. The lowest BCUT2D eigenvalue weighted by atomic mass is 9.84. The normalized spacial score (nSPS) is 22.5. The van der Waals surface area contributed by atoms with Crippen molar-refractivity contribution in [3.63, 3.8) is 0 Å². The molecule has 5 heteroatoms. The number of pyridine rings is 1. The number of carboxylic acids is 1. The predicted octanol–water partition coefficient (Wildman–Crippen LogP) is 2.23. The first-order valence-corrected chi connectivity index (χ1v) is 6.91. The molecule has 1 aliphatic rings. The molecule has 1 aromatic heterocycles. The fourth-order valence-electron chi connectivity index (χ4n) is 3.03. The molecule has 1 fully saturated rings. The van der Waals surface area contributed by atoms with Crippen molar-refractivity contribution in [3.05, 3.63) is 42.1 Å². The summed E-state index contributed by atoms with van der Waals surface area (Å²) in [5.41, 5.74) is 1.70. The van der Waals surface area contributed by atoms with Crippen LogP contribution in [0.4, 0.5) is 0 Å². The summed E-state index contributed by atoms with van der Waals surface area (Å²) in [6.07, 6.45) is 2.39. The number of carbonyl (C=O) groups is 2. The van der Waals surface area contributed by atoms with Gasteiger partial charge >= 0.3 is 5.97 Å². The summed E-state index contributed by atoms with van der Waals surface area (Å²) < 4.78 is 0. The first-order valence-electron chi connectivity index (χ1n) is 6.91. The van der Waals surface area contributed by atoms with E-state index in [0.29, 0.717) is 12.8 Å². The molecule has 2 unspecified atom stereocenters. The zero-order valence-corrected chi connectivity index (χ0v) is 11.7. The van der Waals surface area contributed by atoms with Gasteiger partial charge in [-0.05, 0) is 30.2 Å². The van der Waals surface area contributed by atoms with Crippen LogP contribution in [0.1, 0.15) is 24.4 Å². The highest BCUT2D eigenvalue weighted by Crippen LogP contribution is 2.36. The Morgan fingerprint density at radius 3 is 2.95 bits per heavy atom. The molecule has 1 amide bonds. The van der Waals surface area contributed by atoms with Crippen molar-refractivity contribution in [2.45, 2.75) is 18.9 Å². The lowest BCUT2D eigenvalue weighted by Crippen LogP contribution is -2.42. The number of carbonyl (C=O) groups excluding carboxylic acids is 1. The maximum absolute atomic E-state index is 11.9. The molecule has 1 aromatic carbocycles. The lowest BCUT2D eigenvalue weighted by molar-refractivity contribution is -0.150. The third-order valence-corrected chi connectivity index (χ3v) is 4.15. The molecule has 0 saturated carbocycles. The summed E-state index contributed by atoms with van der Waals surface area (Å²) in [7, 11) is 1.68. The molecule has 0 spiro atoms. The van der Waals surface area contributed by atoms with Crippen LogP contribution in [0.5, 0.6) is 0 Å². The van der Waals surface area contributed by atoms with E-state index in [0.717, 1.165) is 16.5 Å². The van der Waals surface area contributed by atoms with Crippen LogP contribution < -0.4 is 0 Å². The Kier molecular flexibility index (Phi) is 3.33. The summed E-state index contributed by atoms with van der Waals surface area (Å²) in [6, 6.07) is 9.02. The van der Waals surface area contributed by atoms with Crippen molar-refractivity contribution < 1.29 is 14.7 Å². The van der Waals surface area contributed by atoms with Crippen LogP contribution in [-0.4, -0.2) is 33.9 Å². The number of piperidine rings is 1. The van der Waals surface area contributed by atoms with Gasteiger partial charge in [0.1, 0.15) is 0 Å². The quantitative estimate of drug-likeness (QED) is 0.918. The maximum atomic E-state index is 11.9. The van der Waals surface area contributed by atoms with Crippen LogP contribution in [-0.2, 0) is 9.59 Å². The van der Waals surface area contributed by atoms with E-state index in [-0.39, 0.29) is 5.91 Å². The highest BCUT2D eigenvalue weighted by Gasteiger charge is 2.38. The fourth-order valence-corrected chi connectivity index (χ4v) is 3.03. The summed E-state index contributed by atoms with van der Waals surface area (Å²) >= 11 is 0. The molecule has 1 saturated heterocycles. The summed E-state index contributed by atoms with van der Waals surface area (Å²) in [6.45, 7) is 0. The number of aliphatic carboxylic acids is 1. The summed E-state index contributed by atoms with van der Waals surface area (Å²) in [5.74, 6) is -1.43. The molecule has 3 rings (SSSR count). The summed E-state index contributed by atoms with van der Waals surface area (Å²) in [5, 5.41) is 10.4. The first kappa shape index (κ1) is 13.5. The van der Waals surface area contributed by atoms with Gasteiger partial charge in [0.2, 0.25) is 5.91 Å². The van der Waals surface area contributed by atoms with Gasteiger partial charge in [0.05, 0.1) is 17.5 Å². The summed E-state index contributed by atoms with van der Waals surface area (Å²) in [4.78, 5) is 29.2. The Hall–Kier alpha value is -2.43. The smallest absolute Gasteiger partial charge is 0.308 e. The number of aromatic nitrogens is 1. The molecule has 0 aliphatic carbocycles. The van der Waals surface area contributed by atoms with Crippen LogP contribution in [0.15, 0.2) is 36.5 Å². The fraction of sp³-hybridized carbons (Fsp3) is 0.312. The van der Waals surface area contributed by atoms with Crippen molar-refractivity contribution in [2.75, 3.05) is 7.05 Å². The van der Waals surface area contributed by atoms with Crippen LogP contribution in [0.25, 0.3) is 10.9 Å². The highest BCUT2D eigenvalue weighted by molar-refractivity contribution is 5.83. The highest BCUT2D eigenvalue weighted by atomic mass is 16.4. The van der Waals surface area contributed by atoms with E-state index in [2.05, 4.69) is 4.98 Å². The van der Waals surface area contributed by atoms with Gasteiger partial charge < -0.3 is 10.0 Å². The van der Waals surface area contributed by atoms with Crippen molar-refractivity contribution in [3.8, 4) is 0 Å². The van der Waals surface area contributed by atoms with Gasteiger partial charge in [0.25, 0.3) is 0 Å². The van der Waals surface area contributed by atoms with E-state index in [4.69, 9.17) is 0 Å². The molecule has 108 valence electrons. The van der Waals surface area contributed by atoms with E-state index >= 15 is 0 Å². The molecule has 0 radical (unpaired) electrons. The standard InChI is InChI=1S/C16H16N2O3/c1-18-14(19)7-5-12(16(20)21)15(18)11-4-6-13-10(9-11)3-2-8-17-13/h2-4,6,8-9,12,15H,5,7H2,1H3,(H,20,21). The van der Waals surface area contributed by atoms with Crippen LogP contribution in [0.3, 0.4) is 0 Å². The number of rotatable bonds is 2. The number of fused-ring (bicyclic) bond motifs is 1. The molecular weight excluding hydrogens is 268 g/mol. The Morgan fingerprint density at radius 2 is 2.19 bits per heavy atom. The molecule has 2 aromatic rings. The second kappa shape index (κ2) is 5.16. The van der Waals surface area contributed by atoms with Gasteiger partial charge in [-0.3, -0.25) is 14.6 Å².